The molecule has 0 aliphatic carbocycles. The lowest BCUT2D eigenvalue weighted by atomic mass is 10.0. The molecule has 2 nitrogen and oxygen atoms in total. The Labute approximate surface area is 104 Å². The van der Waals surface area contributed by atoms with Crippen LogP contribution in [0, 0.1) is 5.82 Å². The van der Waals surface area contributed by atoms with E-state index in [1.165, 1.54) is 12.1 Å². The Morgan fingerprint density at radius 1 is 1.12 bits per heavy atom. The Bertz CT molecular complexity index is 555. The summed E-state index contributed by atoms with van der Waals surface area (Å²) in [4.78, 5) is 0. The predicted molar refractivity (Wildman–Crippen MR) is 66.6 cm³/mol. The molecule has 0 aliphatic rings. The first kappa shape index (κ1) is 12.0. The molecule has 0 amide bonds. The zero-order valence-corrected chi connectivity index (χ0v) is 10.3. The van der Waals surface area contributed by atoms with Gasteiger partial charge in [0.15, 0.2) is 0 Å². The fourth-order valence-corrected chi connectivity index (χ4v) is 2.10. The molecule has 0 aliphatic heterocycles. The highest BCUT2D eigenvalue weighted by atomic mass is 35.5. The minimum atomic E-state index is -0.315. The quantitative estimate of drug-likeness (QED) is 0.777. The fraction of sp³-hybridized carbons (Fsp3) is 0.231. The molecule has 17 heavy (non-hydrogen) atoms. The highest BCUT2D eigenvalue weighted by Crippen LogP contribution is 2.37. The molecule has 90 valence electrons. The van der Waals surface area contributed by atoms with Crippen molar-refractivity contribution in [3.8, 4) is 11.5 Å². The van der Waals surface area contributed by atoms with E-state index in [4.69, 9.17) is 21.1 Å². The highest BCUT2D eigenvalue weighted by molar-refractivity contribution is 6.17. The number of benzene rings is 2. The Kier molecular flexibility index (Phi) is 3.38. The van der Waals surface area contributed by atoms with Gasteiger partial charge in [0.1, 0.15) is 17.3 Å². The van der Waals surface area contributed by atoms with Crippen molar-refractivity contribution in [2.75, 3.05) is 14.2 Å². The molecule has 2 aromatic rings. The summed E-state index contributed by atoms with van der Waals surface area (Å²) >= 11 is 5.85. The van der Waals surface area contributed by atoms with Crippen LogP contribution < -0.4 is 9.47 Å². The standard InChI is InChI=1S/C13H12ClFO2/c1-16-12-5-8(7-14)13(17-2)11-6-9(15)3-4-10(11)12/h3-6H,7H2,1-2H3. The van der Waals surface area contributed by atoms with E-state index in [9.17, 15) is 4.39 Å². The number of hydrogen-bond donors (Lipinski definition) is 0. The summed E-state index contributed by atoms with van der Waals surface area (Å²) in [5.74, 6) is 1.22. The van der Waals surface area contributed by atoms with E-state index in [1.54, 1.807) is 20.3 Å². The average molecular weight is 255 g/mol. The first-order valence-electron chi connectivity index (χ1n) is 5.10. The summed E-state index contributed by atoms with van der Waals surface area (Å²) in [7, 11) is 3.12. The van der Waals surface area contributed by atoms with Gasteiger partial charge < -0.3 is 9.47 Å². The Hall–Kier alpha value is -1.48. The van der Waals surface area contributed by atoms with Crippen LogP contribution in [-0.4, -0.2) is 14.2 Å². The SMILES string of the molecule is COc1cc(CCl)c(OC)c2cc(F)ccc12. The highest BCUT2D eigenvalue weighted by Gasteiger charge is 2.13. The summed E-state index contributed by atoms with van der Waals surface area (Å²) in [6.07, 6.45) is 0. The first-order valence-corrected chi connectivity index (χ1v) is 5.63. The molecule has 2 rings (SSSR count). The Morgan fingerprint density at radius 2 is 1.88 bits per heavy atom. The van der Waals surface area contributed by atoms with Crippen LogP contribution in [-0.2, 0) is 5.88 Å². The van der Waals surface area contributed by atoms with Crippen molar-refractivity contribution in [1.82, 2.24) is 0 Å². The molecule has 4 heteroatoms. The number of fused-ring (bicyclic) bond motifs is 1. The fourth-order valence-electron chi connectivity index (χ4n) is 1.90. The van der Waals surface area contributed by atoms with Crippen LogP contribution >= 0.6 is 11.6 Å². The molecule has 0 aromatic heterocycles. The second kappa shape index (κ2) is 4.80. The summed E-state index contributed by atoms with van der Waals surface area (Å²) in [5, 5.41) is 1.47. The van der Waals surface area contributed by atoms with Crippen LogP contribution in [0.5, 0.6) is 11.5 Å². The van der Waals surface area contributed by atoms with Gasteiger partial charge in [-0.3, -0.25) is 0 Å². The molecular formula is C13H12ClFO2. The molecule has 0 spiro atoms. The van der Waals surface area contributed by atoms with E-state index in [0.717, 1.165) is 10.9 Å². The summed E-state index contributed by atoms with van der Waals surface area (Å²) in [6.45, 7) is 0. The zero-order valence-electron chi connectivity index (χ0n) is 9.59. The van der Waals surface area contributed by atoms with Gasteiger partial charge in [-0.15, -0.1) is 11.6 Å². The molecule has 0 fully saturated rings. The second-order valence-electron chi connectivity index (χ2n) is 3.59. The average Bonchev–Trinajstić information content (AvgIpc) is 2.36. The van der Waals surface area contributed by atoms with E-state index in [1.807, 2.05) is 6.07 Å². The minimum Gasteiger partial charge on any atom is -0.496 e. The zero-order chi connectivity index (χ0) is 12.4. The molecule has 0 unspecified atom stereocenters. The summed E-state index contributed by atoms with van der Waals surface area (Å²) < 4.78 is 23.9. The topological polar surface area (TPSA) is 18.5 Å². The normalized spacial score (nSPS) is 10.6. The lowest BCUT2D eigenvalue weighted by molar-refractivity contribution is 0.407. The molecular weight excluding hydrogens is 243 g/mol. The van der Waals surface area contributed by atoms with Crippen molar-refractivity contribution < 1.29 is 13.9 Å². The van der Waals surface area contributed by atoms with Crippen LogP contribution in [0.1, 0.15) is 5.56 Å². The summed E-state index contributed by atoms with van der Waals surface area (Å²) in [6, 6.07) is 6.30. The number of methoxy groups -OCH3 is 2. The van der Waals surface area contributed by atoms with Crippen molar-refractivity contribution in [2.45, 2.75) is 5.88 Å². The van der Waals surface area contributed by atoms with Crippen molar-refractivity contribution >= 4 is 22.4 Å². The van der Waals surface area contributed by atoms with Gasteiger partial charge in [-0.25, -0.2) is 4.39 Å². The second-order valence-corrected chi connectivity index (χ2v) is 3.86. The van der Waals surface area contributed by atoms with Gasteiger partial charge in [-0.2, -0.15) is 0 Å². The van der Waals surface area contributed by atoms with Gasteiger partial charge in [0.25, 0.3) is 0 Å². The van der Waals surface area contributed by atoms with Crippen molar-refractivity contribution in [2.24, 2.45) is 0 Å². The Balaban J connectivity index is 2.86. The molecule has 0 heterocycles. The van der Waals surface area contributed by atoms with E-state index in [2.05, 4.69) is 0 Å². The van der Waals surface area contributed by atoms with Crippen molar-refractivity contribution in [3.63, 3.8) is 0 Å². The molecule has 0 bridgehead atoms. The van der Waals surface area contributed by atoms with Crippen LogP contribution in [0.4, 0.5) is 4.39 Å². The van der Waals surface area contributed by atoms with Crippen LogP contribution in [0.25, 0.3) is 10.8 Å². The van der Waals surface area contributed by atoms with E-state index < -0.39 is 0 Å². The van der Waals surface area contributed by atoms with E-state index in [0.29, 0.717) is 16.9 Å². The van der Waals surface area contributed by atoms with Gasteiger partial charge in [0, 0.05) is 16.3 Å². The number of alkyl halides is 1. The van der Waals surface area contributed by atoms with Crippen LogP contribution in [0.2, 0.25) is 0 Å². The summed E-state index contributed by atoms with van der Waals surface area (Å²) in [5.41, 5.74) is 0.782. The van der Waals surface area contributed by atoms with Crippen molar-refractivity contribution in [1.29, 1.82) is 0 Å². The molecule has 2 aromatic carbocycles. The largest absolute Gasteiger partial charge is 0.496 e. The van der Waals surface area contributed by atoms with Gasteiger partial charge in [-0.05, 0) is 24.3 Å². The van der Waals surface area contributed by atoms with Gasteiger partial charge in [0.2, 0.25) is 0 Å². The first-order chi connectivity index (χ1) is 8.21. The van der Waals surface area contributed by atoms with Crippen LogP contribution in [0.15, 0.2) is 24.3 Å². The molecule has 0 radical (unpaired) electrons. The maximum atomic E-state index is 13.3. The molecule has 0 saturated heterocycles. The number of rotatable bonds is 3. The monoisotopic (exact) mass is 254 g/mol. The third kappa shape index (κ3) is 2.03. The maximum Gasteiger partial charge on any atom is 0.131 e. The third-order valence-electron chi connectivity index (χ3n) is 2.66. The Morgan fingerprint density at radius 3 is 2.47 bits per heavy atom. The number of hydrogen-bond acceptors (Lipinski definition) is 2. The van der Waals surface area contributed by atoms with Gasteiger partial charge in [0.05, 0.1) is 20.1 Å². The van der Waals surface area contributed by atoms with Gasteiger partial charge in [-0.1, -0.05) is 0 Å². The number of halogens is 2. The lowest BCUT2D eigenvalue weighted by Gasteiger charge is -2.13. The van der Waals surface area contributed by atoms with Gasteiger partial charge >= 0.3 is 0 Å². The molecule has 0 atom stereocenters. The lowest BCUT2D eigenvalue weighted by Crippen LogP contribution is -1.95. The predicted octanol–water partition coefficient (Wildman–Crippen LogP) is 3.73. The van der Waals surface area contributed by atoms with E-state index >= 15 is 0 Å². The maximum absolute atomic E-state index is 13.3. The number of ether oxygens (including phenoxy) is 2. The van der Waals surface area contributed by atoms with Crippen molar-refractivity contribution in [3.05, 3.63) is 35.6 Å². The van der Waals surface area contributed by atoms with E-state index in [-0.39, 0.29) is 11.7 Å². The third-order valence-corrected chi connectivity index (χ3v) is 2.94. The molecule has 0 N–H and O–H groups in total. The molecule has 0 saturated carbocycles. The smallest absolute Gasteiger partial charge is 0.131 e. The van der Waals surface area contributed by atoms with Crippen LogP contribution in [0.3, 0.4) is 0 Å². The minimum absolute atomic E-state index is 0.284.